The fraction of sp³-hybridized carbons (Fsp3) is 0.0909. The van der Waals surface area contributed by atoms with Crippen molar-refractivity contribution in [1.29, 1.82) is 0 Å². The van der Waals surface area contributed by atoms with Gasteiger partial charge in [-0.05, 0) is 17.7 Å². The zero-order valence-electron chi connectivity index (χ0n) is 9.31. The number of carbonyl (C=O) groups is 1. The zero-order valence-corrected chi connectivity index (χ0v) is 9.31. The van der Waals surface area contributed by atoms with E-state index < -0.39 is 10.8 Å². The third-order valence-electron chi connectivity index (χ3n) is 2.36. The van der Waals surface area contributed by atoms with Crippen LogP contribution >= 0.6 is 0 Å². The van der Waals surface area contributed by atoms with E-state index in [2.05, 4.69) is 5.10 Å². The van der Waals surface area contributed by atoms with Crippen molar-refractivity contribution in [3.8, 4) is 11.1 Å². The summed E-state index contributed by atoms with van der Waals surface area (Å²) in [6, 6.07) is 6.09. The van der Waals surface area contributed by atoms with Gasteiger partial charge in [0, 0.05) is 23.9 Å². The van der Waals surface area contributed by atoms with Gasteiger partial charge in [0.1, 0.15) is 6.54 Å². The van der Waals surface area contributed by atoms with Gasteiger partial charge in [-0.15, -0.1) is 0 Å². The van der Waals surface area contributed by atoms with E-state index in [0.29, 0.717) is 0 Å². The molecule has 0 atom stereocenters. The lowest BCUT2D eigenvalue weighted by atomic mass is 10.1. The van der Waals surface area contributed by atoms with E-state index in [1.165, 1.54) is 16.8 Å². The lowest BCUT2D eigenvalue weighted by Crippen LogP contribution is -2.18. The van der Waals surface area contributed by atoms with Crippen molar-refractivity contribution in [3.05, 3.63) is 46.8 Å². The van der Waals surface area contributed by atoms with Crippen molar-refractivity contribution in [3.63, 3.8) is 0 Å². The molecule has 0 aliphatic heterocycles. The summed E-state index contributed by atoms with van der Waals surface area (Å²) in [5, 5.41) is 14.5. The summed E-state index contributed by atoms with van der Waals surface area (Å²) < 4.78 is 1.42. The Balaban J connectivity index is 2.23. The number of amides is 1. The van der Waals surface area contributed by atoms with E-state index in [4.69, 9.17) is 5.73 Å². The Morgan fingerprint density at radius 2 is 2.00 bits per heavy atom. The normalized spacial score (nSPS) is 10.2. The van der Waals surface area contributed by atoms with Crippen molar-refractivity contribution >= 4 is 11.6 Å². The summed E-state index contributed by atoms with van der Waals surface area (Å²) in [7, 11) is 0. The van der Waals surface area contributed by atoms with Crippen LogP contribution in [0.4, 0.5) is 5.69 Å². The first-order chi connectivity index (χ1) is 8.56. The highest BCUT2D eigenvalue weighted by Gasteiger charge is 2.07. The minimum Gasteiger partial charge on any atom is -0.368 e. The molecule has 1 aromatic carbocycles. The van der Waals surface area contributed by atoms with E-state index in [9.17, 15) is 14.9 Å². The van der Waals surface area contributed by atoms with Crippen LogP contribution in [0.15, 0.2) is 36.7 Å². The van der Waals surface area contributed by atoms with Crippen molar-refractivity contribution in [2.75, 3.05) is 0 Å². The van der Waals surface area contributed by atoms with Crippen LogP contribution in [0.3, 0.4) is 0 Å². The number of nitro benzene ring substituents is 1. The molecule has 0 fully saturated rings. The van der Waals surface area contributed by atoms with Gasteiger partial charge in [-0.2, -0.15) is 5.10 Å². The highest BCUT2D eigenvalue weighted by molar-refractivity contribution is 5.73. The summed E-state index contributed by atoms with van der Waals surface area (Å²) in [5.74, 6) is -0.478. The minimum atomic E-state index is -0.478. The van der Waals surface area contributed by atoms with Crippen molar-refractivity contribution in [1.82, 2.24) is 9.78 Å². The van der Waals surface area contributed by atoms with Crippen LogP contribution in [-0.4, -0.2) is 20.6 Å². The van der Waals surface area contributed by atoms with E-state index >= 15 is 0 Å². The third kappa shape index (κ3) is 2.51. The lowest BCUT2D eigenvalue weighted by Gasteiger charge is -1.97. The molecule has 1 aromatic heterocycles. The Hall–Kier alpha value is -2.70. The largest absolute Gasteiger partial charge is 0.368 e. The monoisotopic (exact) mass is 246 g/mol. The average Bonchev–Trinajstić information content (AvgIpc) is 2.76. The third-order valence-corrected chi connectivity index (χ3v) is 2.36. The molecule has 0 saturated heterocycles. The van der Waals surface area contributed by atoms with Crippen LogP contribution in [0, 0.1) is 10.1 Å². The molecule has 7 heteroatoms. The number of rotatable bonds is 4. The number of hydrogen-bond donors (Lipinski definition) is 1. The molecule has 0 unspecified atom stereocenters. The number of nitro groups is 1. The number of hydrogen-bond acceptors (Lipinski definition) is 4. The molecule has 0 aliphatic carbocycles. The van der Waals surface area contributed by atoms with Gasteiger partial charge in [0.15, 0.2) is 0 Å². The van der Waals surface area contributed by atoms with Gasteiger partial charge in [-0.1, -0.05) is 0 Å². The first kappa shape index (κ1) is 11.8. The van der Waals surface area contributed by atoms with Gasteiger partial charge in [0.25, 0.3) is 5.69 Å². The van der Waals surface area contributed by atoms with Gasteiger partial charge < -0.3 is 5.73 Å². The minimum absolute atomic E-state index is 0.00693. The summed E-state index contributed by atoms with van der Waals surface area (Å²) >= 11 is 0. The van der Waals surface area contributed by atoms with Gasteiger partial charge in [0.2, 0.25) is 5.91 Å². The molecule has 0 radical (unpaired) electrons. The smallest absolute Gasteiger partial charge is 0.269 e. The molecule has 2 N–H and O–H groups in total. The Labute approximate surface area is 102 Å². The average molecular weight is 246 g/mol. The highest BCUT2D eigenvalue weighted by atomic mass is 16.6. The van der Waals surface area contributed by atoms with Crippen LogP contribution in [0.5, 0.6) is 0 Å². The summed E-state index contributed by atoms with van der Waals surface area (Å²) in [5.41, 5.74) is 6.64. The maximum atomic E-state index is 10.7. The van der Waals surface area contributed by atoms with E-state index in [1.807, 2.05) is 0 Å². The molecule has 92 valence electrons. The molecule has 1 heterocycles. The molecular formula is C11H10N4O3. The van der Waals surface area contributed by atoms with Crippen molar-refractivity contribution < 1.29 is 9.72 Å². The van der Waals surface area contributed by atoms with E-state index in [1.54, 1.807) is 24.5 Å². The molecule has 18 heavy (non-hydrogen) atoms. The first-order valence-electron chi connectivity index (χ1n) is 5.12. The SMILES string of the molecule is NC(=O)Cn1cc(-c2ccc([N+](=O)[O-])cc2)cn1. The Bertz CT molecular complexity index is 589. The summed E-state index contributed by atoms with van der Waals surface area (Å²) in [6.45, 7) is 0.00693. The highest BCUT2D eigenvalue weighted by Crippen LogP contribution is 2.21. The van der Waals surface area contributed by atoms with Crippen molar-refractivity contribution in [2.24, 2.45) is 5.73 Å². The molecule has 1 amide bonds. The zero-order chi connectivity index (χ0) is 13.1. The Morgan fingerprint density at radius 3 is 2.56 bits per heavy atom. The van der Waals surface area contributed by atoms with Crippen LogP contribution in [0.25, 0.3) is 11.1 Å². The second-order valence-corrected chi connectivity index (χ2v) is 3.70. The van der Waals surface area contributed by atoms with Gasteiger partial charge in [0.05, 0.1) is 11.1 Å². The maximum Gasteiger partial charge on any atom is 0.269 e. The van der Waals surface area contributed by atoms with Crippen LogP contribution < -0.4 is 5.73 Å². The Kier molecular flexibility index (Phi) is 3.05. The number of nitrogens with zero attached hydrogens (tertiary/aromatic N) is 3. The van der Waals surface area contributed by atoms with E-state index in [0.717, 1.165) is 11.1 Å². The predicted molar refractivity (Wildman–Crippen MR) is 63.5 cm³/mol. The molecule has 7 nitrogen and oxygen atoms in total. The number of primary amides is 1. The van der Waals surface area contributed by atoms with Crippen LogP contribution in [0.2, 0.25) is 0 Å². The molecular weight excluding hydrogens is 236 g/mol. The van der Waals surface area contributed by atoms with Crippen molar-refractivity contribution in [2.45, 2.75) is 6.54 Å². The molecule has 0 spiro atoms. The number of nitrogens with two attached hydrogens (primary N) is 1. The molecule has 0 bridgehead atoms. The molecule has 2 rings (SSSR count). The fourth-order valence-corrected chi connectivity index (χ4v) is 1.53. The summed E-state index contributed by atoms with van der Waals surface area (Å²) in [4.78, 5) is 20.8. The second-order valence-electron chi connectivity index (χ2n) is 3.70. The van der Waals surface area contributed by atoms with Gasteiger partial charge in [-0.3, -0.25) is 19.6 Å². The van der Waals surface area contributed by atoms with E-state index in [-0.39, 0.29) is 12.2 Å². The molecule has 0 aliphatic rings. The van der Waals surface area contributed by atoms with Crippen LogP contribution in [0.1, 0.15) is 0 Å². The number of carbonyl (C=O) groups excluding carboxylic acids is 1. The standard InChI is InChI=1S/C11H10N4O3/c12-11(16)7-14-6-9(5-13-14)8-1-3-10(4-2-8)15(17)18/h1-6H,7H2,(H2,12,16). The number of benzene rings is 1. The molecule has 0 saturated carbocycles. The van der Waals surface area contributed by atoms with Gasteiger partial charge >= 0.3 is 0 Å². The predicted octanol–water partition coefficient (Wildman–Crippen LogP) is 0.944. The summed E-state index contributed by atoms with van der Waals surface area (Å²) in [6.07, 6.45) is 3.23. The fourth-order valence-electron chi connectivity index (χ4n) is 1.53. The molecule has 2 aromatic rings. The second kappa shape index (κ2) is 4.66. The Morgan fingerprint density at radius 1 is 1.33 bits per heavy atom. The van der Waals surface area contributed by atoms with Crippen LogP contribution in [-0.2, 0) is 11.3 Å². The van der Waals surface area contributed by atoms with Gasteiger partial charge in [-0.25, -0.2) is 0 Å². The number of non-ortho nitro benzene ring substituents is 1. The maximum absolute atomic E-state index is 10.7. The first-order valence-corrected chi connectivity index (χ1v) is 5.12. The quantitative estimate of drug-likeness (QED) is 0.640. The lowest BCUT2D eigenvalue weighted by molar-refractivity contribution is -0.384. The number of aromatic nitrogens is 2. The topological polar surface area (TPSA) is 104 Å².